The molecule has 0 radical (unpaired) electrons. The van der Waals surface area contributed by atoms with E-state index in [4.69, 9.17) is 4.42 Å². The van der Waals surface area contributed by atoms with Gasteiger partial charge in [-0.2, -0.15) is 0 Å². The number of hydrogen-bond acceptors (Lipinski definition) is 5. The Bertz CT molecular complexity index is 1420. The second kappa shape index (κ2) is 14.2. The zero-order valence-corrected chi connectivity index (χ0v) is 25.9. The van der Waals surface area contributed by atoms with Crippen LogP contribution >= 0.6 is 11.8 Å². The summed E-state index contributed by atoms with van der Waals surface area (Å²) in [5.74, 6) is 2.02. The summed E-state index contributed by atoms with van der Waals surface area (Å²) >= 11 is 1.74. The third-order valence-electron chi connectivity index (χ3n) is 8.90. The Morgan fingerprint density at radius 1 is 1.00 bits per heavy atom. The van der Waals surface area contributed by atoms with Crippen LogP contribution in [0.5, 0.6) is 0 Å². The molecule has 3 unspecified atom stereocenters. The number of ketones is 1. The van der Waals surface area contributed by atoms with Crippen molar-refractivity contribution in [2.75, 3.05) is 12.8 Å². The maximum atomic E-state index is 13.9. The summed E-state index contributed by atoms with van der Waals surface area (Å²) in [6, 6.07) is 18.6. The molecule has 1 amide bonds. The Morgan fingerprint density at radius 2 is 1.74 bits per heavy atom. The molecule has 0 spiro atoms. The molecule has 3 aromatic rings. The molecular weight excluding hydrogens is 540 g/mol. The normalized spacial score (nSPS) is 20.0. The predicted octanol–water partition coefficient (Wildman–Crippen LogP) is 8.29. The smallest absolute Gasteiger partial charge is 0.254 e. The number of fused-ring (bicyclic) bond motifs is 1. The van der Waals surface area contributed by atoms with Gasteiger partial charge < -0.3 is 9.32 Å². The van der Waals surface area contributed by atoms with Gasteiger partial charge in [0, 0.05) is 48.7 Å². The Morgan fingerprint density at radius 3 is 2.45 bits per heavy atom. The molecule has 220 valence electrons. The van der Waals surface area contributed by atoms with Crippen LogP contribution in [0.2, 0.25) is 0 Å². The highest BCUT2D eigenvalue weighted by Gasteiger charge is 2.35. The van der Waals surface area contributed by atoms with Gasteiger partial charge in [-0.3, -0.25) is 14.6 Å². The van der Waals surface area contributed by atoms with Gasteiger partial charge in [0.15, 0.2) is 0 Å². The molecule has 3 atom stereocenters. The van der Waals surface area contributed by atoms with Crippen molar-refractivity contribution in [1.82, 2.24) is 4.90 Å². The molecule has 3 heterocycles. The van der Waals surface area contributed by atoms with Crippen LogP contribution in [0.25, 0.3) is 0 Å². The van der Waals surface area contributed by atoms with E-state index in [1.54, 1.807) is 18.0 Å². The predicted molar refractivity (Wildman–Crippen MR) is 171 cm³/mol. The third kappa shape index (κ3) is 7.33. The lowest BCUT2D eigenvalue weighted by Gasteiger charge is -2.36. The summed E-state index contributed by atoms with van der Waals surface area (Å²) in [4.78, 5) is 34.2. The standard InChI is InChI=1S/C36H42N2O3S/c1-25-23-37-24-30(26(25)2)18-19-38-34(35-11-6-20-41-35)22-29-15-12-28(21-33(29)36(38)40)8-5-10-31(39)9-4-7-27-13-16-32(42-3)17-14-27/h6,11-17,20-21,23-26,34H,4-5,7-10,18-19,22H2,1-3H3. The first-order chi connectivity index (χ1) is 20.4. The molecule has 1 aromatic heterocycles. The molecule has 2 aliphatic rings. The largest absolute Gasteiger partial charge is 0.467 e. The van der Waals surface area contributed by atoms with E-state index < -0.39 is 0 Å². The first-order valence-corrected chi connectivity index (χ1v) is 16.5. The molecule has 0 fully saturated rings. The summed E-state index contributed by atoms with van der Waals surface area (Å²) in [5.41, 5.74) is 5.54. The van der Waals surface area contributed by atoms with Gasteiger partial charge in [-0.25, -0.2) is 0 Å². The minimum Gasteiger partial charge on any atom is -0.467 e. The van der Waals surface area contributed by atoms with Crippen LogP contribution in [0.1, 0.15) is 84.8 Å². The number of nitrogens with zero attached hydrogens (tertiary/aromatic N) is 2. The summed E-state index contributed by atoms with van der Waals surface area (Å²) in [6.45, 7) is 5.05. The number of aryl methyl sites for hydroxylation is 2. The van der Waals surface area contributed by atoms with Gasteiger partial charge >= 0.3 is 0 Å². The van der Waals surface area contributed by atoms with Gasteiger partial charge in [0.1, 0.15) is 11.5 Å². The highest BCUT2D eigenvalue weighted by atomic mass is 32.2. The molecule has 0 saturated heterocycles. The number of aliphatic imine (C=N–C) groups is 1. The number of carbonyl (C=O) groups is 2. The third-order valence-corrected chi connectivity index (χ3v) is 9.65. The lowest BCUT2D eigenvalue weighted by molar-refractivity contribution is -0.119. The van der Waals surface area contributed by atoms with Crippen molar-refractivity contribution >= 4 is 29.7 Å². The van der Waals surface area contributed by atoms with Crippen molar-refractivity contribution in [2.24, 2.45) is 16.8 Å². The van der Waals surface area contributed by atoms with Crippen LogP contribution in [-0.2, 0) is 24.1 Å². The summed E-state index contributed by atoms with van der Waals surface area (Å²) < 4.78 is 5.79. The van der Waals surface area contributed by atoms with Crippen LogP contribution in [0.15, 0.2) is 86.9 Å². The number of amides is 1. The van der Waals surface area contributed by atoms with Crippen molar-refractivity contribution in [3.8, 4) is 0 Å². The number of thioether (sulfide) groups is 1. The van der Waals surface area contributed by atoms with E-state index in [2.05, 4.69) is 67.6 Å². The van der Waals surface area contributed by atoms with Gasteiger partial charge in [0.05, 0.1) is 12.3 Å². The number of rotatable bonds is 13. The SMILES string of the molecule is CSc1ccc(CCCC(=O)CCCc2ccc3c(c2)C(=O)N(CCC2=CN=CC(C)C2C)C(c2ccco2)C3)cc1. The summed E-state index contributed by atoms with van der Waals surface area (Å²) in [7, 11) is 0. The fourth-order valence-corrected chi connectivity index (χ4v) is 6.47. The second-order valence-electron chi connectivity index (χ2n) is 11.7. The average Bonchev–Trinajstić information content (AvgIpc) is 3.54. The van der Waals surface area contributed by atoms with Crippen molar-refractivity contribution in [3.05, 3.63) is 101 Å². The minimum atomic E-state index is -0.118. The maximum Gasteiger partial charge on any atom is 0.254 e. The summed E-state index contributed by atoms with van der Waals surface area (Å²) in [5, 5.41) is 0. The van der Waals surface area contributed by atoms with Gasteiger partial charge in [-0.1, -0.05) is 38.1 Å². The van der Waals surface area contributed by atoms with Crippen LogP contribution in [-0.4, -0.2) is 35.6 Å². The fourth-order valence-electron chi connectivity index (χ4n) is 6.06. The first-order valence-electron chi connectivity index (χ1n) is 15.3. The van der Waals surface area contributed by atoms with Gasteiger partial charge in [-0.15, -0.1) is 11.8 Å². The topological polar surface area (TPSA) is 62.9 Å². The van der Waals surface area contributed by atoms with Gasteiger partial charge in [0.25, 0.3) is 5.91 Å². The second-order valence-corrected chi connectivity index (χ2v) is 12.6. The first kappa shape index (κ1) is 30.1. The van der Waals surface area contributed by atoms with Crippen molar-refractivity contribution in [2.45, 2.75) is 76.2 Å². The van der Waals surface area contributed by atoms with Crippen LogP contribution in [0.4, 0.5) is 0 Å². The molecule has 2 aliphatic heterocycles. The quantitative estimate of drug-likeness (QED) is 0.190. The van der Waals surface area contributed by atoms with Crippen LogP contribution in [0, 0.1) is 11.8 Å². The molecule has 0 saturated carbocycles. The van der Waals surface area contributed by atoms with E-state index in [1.807, 2.05) is 29.4 Å². The van der Waals surface area contributed by atoms with E-state index in [1.165, 1.54) is 16.0 Å². The molecule has 5 rings (SSSR count). The molecular formula is C36H42N2O3S. The molecule has 5 nitrogen and oxygen atoms in total. The zero-order valence-electron chi connectivity index (χ0n) is 25.1. The molecule has 42 heavy (non-hydrogen) atoms. The van der Waals surface area contributed by atoms with Gasteiger partial charge in [0.2, 0.25) is 0 Å². The number of furan rings is 1. The molecule has 2 aromatic carbocycles. The van der Waals surface area contributed by atoms with E-state index in [0.717, 1.165) is 61.0 Å². The van der Waals surface area contributed by atoms with E-state index in [9.17, 15) is 9.59 Å². The Kier molecular flexibility index (Phi) is 10.2. The summed E-state index contributed by atoms with van der Waals surface area (Å²) in [6.07, 6.45) is 13.9. The zero-order chi connectivity index (χ0) is 29.5. The van der Waals surface area contributed by atoms with Crippen LogP contribution in [0.3, 0.4) is 0 Å². The Hall–Kier alpha value is -3.38. The molecule has 6 heteroatoms. The Balaban J connectivity index is 1.18. The van der Waals surface area contributed by atoms with Gasteiger partial charge in [-0.05, 0) is 103 Å². The van der Waals surface area contributed by atoms with Crippen molar-refractivity contribution in [3.63, 3.8) is 0 Å². The van der Waals surface area contributed by atoms with E-state index in [0.29, 0.717) is 37.0 Å². The highest BCUT2D eigenvalue weighted by molar-refractivity contribution is 7.98. The van der Waals surface area contributed by atoms with Crippen LogP contribution < -0.4 is 0 Å². The molecule has 0 N–H and O–H groups in total. The number of Topliss-reactive ketones (excluding diaryl/α,β-unsaturated/α-hetero) is 1. The van der Waals surface area contributed by atoms with E-state index >= 15 is 0 Å². The van der Waals surface area contributed by atoms with Crippen molar-refractivity contribution < 1.29 is 14.0 Å². The fraction of sp³-hybridized carbons (Fsp3) is 0.417. The average molecular weight is 583 g/mol. The lowest BCUT2D eigenvalue weighted by atomic mass is 9.85. The molecule has 0 aliphatic carbocycles. The highest BCUT2D eigenvalue weighted by Crippen LogP contribution is 2.35. The minimum absolute atomic E-state index is 0.0572. The lowest BCUT2D eigenvalue weighted by Crippen LogP contribution is -2.41. The number of benzene rings is 2. The maximum absolute atomic E-state index is 13.9. The Labute approximate surface area is 254 Å². The molecule has 0 bridgehead atoms. The number of hydrogen-bond donors (Lipinski definition) is 0. The number of carbonyl (C=O) groups excluding carboxylic acids is 2. The monoisotopic (exact) mass is 582 g/mol. The van der Waals surface area contributed by atoms with Crippen molar-refractivity contribution in [1.29, 1.82) is 0 Å². The van der Waals surface area contributed by atoms with E-state index in [-0.39, 0.29) is 11.9 Å².